The maximum atomic E-state index is 14.4. The standard InChI is InChI=1S/C23H27F4N3O3S/c1-13-8-19(34-16-10-15(24)11-30(12-16)21(31)33-22(2,3)4)28-29-20(13)17-7-6-14(23(25,26)27)9-18(17)32-5/h6-9,15-16H,10-12H2,1-5H3/t15-,16+/m0/s1. The molecule has 34 heavy (non-hydrogen) atoms. The molecule has 2 atom stereocenters. The zero-order chi connectivity index (χ0) is 25.3. The van der Waals surface area contributed by atoms with E-state index in [1.54, 1.807) is 33.8 Å². The van der Waals surface area contributed by atoms with Crippen LogP contribution < -0.4 is 4.74 Å². The molecule has 1 aliphatic heterocycles. The van der Waals surface area contributed by atoms with E-state index in [1.807, 2.05) is 0 Å². The van der Waals surface area contributed by atoms with Crippen molar-refractivity contribution < 1.29 is 31.8 Å². The second-order valence-electron chi connectivity index (χ2n) is 9.09. The number of aryl methyl sites for hydroxylation is 1. The van der Waals surface area contributed by atoms with E-state index in [0.29, 0.717) is 28.4 Å². The van der Waals surface area contributed by atoms with E-state index in [0.717, 1.165) is 12.1 Å². The fourth-order valence-corrected chi connectivity index (χ4v) is 4.81. The number of methoxy groups -OCH3 is 1. The van der Waals surface area contributed by atoms with Gasteiger partial charge in [-0.3, -0.25) is 0 Å². The summed E-state index contributed by atoms with van der Waals surface area (Å²) < 4.78 is 64.0. The van der Waals surface area contributed by atoms with Gasteiger partial charge in [0.25, 0.3) is 0 Å². The molecule has 2 aromatic rings. The molecule has 0 aliphatic carbocycles. The fourth-order valence-electron chi connectivity index (χ4n) is 3.57. The third kappa shape index (κ3) is 6.52. The number of amides is 1. The quantitative estimate of drug-likeness (QED) is 0.485. The lowest BCUT2D eigenvalue weighted by molar-refractivity contribution is -0.137. The summed E-state index contributed by atoms with van der Waals surface area (Å²) in [6.07, 6.45) is -6.00. The molecule has 11 heteroatoms. The van der Waals surface area contributed by atoms with Crippen molar-refractivity contribution in [2.75, 3.05) is 20.2 Å². The Labute approximate surface area is 200 Å². The van der Waals surface area contributed by atoms with E-state index in [4.69, 9.17) is 9.47 Å². The van der Waals surface area contributed by atoms with Gasteiger partial charge < -0.3 is 14.4 Å². The van der Waals surface area contributed by atoms with E-state index < -0.39 is 29.6 Å². The molecule has 0 spiro atoms. The van der Waals surface area contributed by atoms with Crippen LogP contribution in [-0.4, -0.2) is 58.4 Å². The lowest BCUT2D eigenvalue weighted by atomic mass is 10.0. The molecule has 6 nitrogen and oxygen atoms in total. The molecule has 1 fully saturated rings. The number of hydrogen-bond donors (Lipinski definition) is 0. The van der Waals surface area contributed by atoms with E-state index in [9.17, 15) is 22.4 Å². The highest BCUT2D eigenvalue weighted by Crippen LogP contribution is 2.38. The van der Waals surface area contributed by atoms with Crippen LogP contribution in [-0.2, 0) is 10.9 Å². The SMILES string of the molecule is COc1cc(C(F)(F)F)ccc1-c1nnc(S[C@@H]2C[C@H](F)CN(C(=O)OC(C)(C)C)C2)cc1C. The highest BCUT2D eigenvalue weighted by atomic mass is 32.2. The molecule has 0 N–H and O–H groups in total. The Kier molecular flexibility index (Phi) is 7.64. The van der Waals surface area contributed by atoms with Crippen LogP contribution in [0.3, 0.4) is 0 Å². The minimum atomic E-state index is -4.49. The van der Waals surface area contributed by atoms with Crippen molar-refractivity contribution in [2.45, 2.75) is 62.3 Å². The van der Waals surface area contributed by atoms with E-state index in [2.05, 4.69) is 10.2 Å². The predicted molar refractivity (Wildman–Crippen MR) is 121 cm³/mol. The molecule has 186 valence electrons. The number of piperidine rings is 1. The topological polar surface area (TPSA) is 64.6 Å². The number of benzene rings is 1. The van der Waals surface area contributed by atoms with E-state index in [-0.39, 0.29) is 24.0 Å². The van der Waals surface area contributed by atoms with Gasteiger partial charge >= 0.3 is 12.3 Å². The van der Waals surface area contributed by atoms with Gasteiger partial charge in [-0.05, 0) is 63.9 Å². The lowest BCUT2D eigenvalue weighted by Crippen LogP contribution is -2.48. The summed E-state index contributed by atoms with van der Waals surface area (Å²) in [6, 6.07) is 4.94. The Morgan fingerprint density at radius 2 is 1.85 bits per heavy atom. The van der Waals surface area contributed by atoms with Crippen molar-refractivity contribution in [3.05, 3.63) is 35.4 Å². The summed E-state index contributed by atoms with van der Waals surface area (Å²) in [7, 11) is 1.29. The predicted octanol–water partition coefficient (Wildman–Crippen LogP) is 5.92. The zero-order valence-electron chi connectivity index (χ0n) is 19.6. The number of nitrogens with zero attached hydrogens (tertiary/aromatic N) is 3. The Morgan fingerprint density at radius 3 is 2.44 bits per heavy atom. The molecule has 1 aromatic carbocycles. The highest BCUT2D eigenvalue weighted by molar-refractivity contribution is 7.99. The van der Waals surface area contributed by atoms with Crippen molar-refractivity contribution in [1.29, 1.82) is 0 Å². The number of halogens is 4. The number of alkyl halides is 4. The van der Waals surface area contributed by atoms with Gasteiger partial charge in [0.1, 0.15) is 22.5 Å². The molecule has 0 saturated carbocycles. The van der Waals surface area contributed by atoms with Gasteiger partial charge in [-0.1, -0.05) is 11.8 Å². The smallest absolute Gasteiger partial charge is 0.416 e. The first-order valence-electron chi connectivity index (χ1n) is 10.7. The average Bonchev–Trinajstić information content (AvgIpc) is 2.71. The maximum absolute atomic E-state index is 14.4. The molecule has 1 aromatic heterocycles. The molecule has 0 radical (unpaired) electrons. The van der Waals surface area contributed by atoms with Gasteiger partial charge in [0, 0.05) is 17.4 Å². The Morgan fingerprint density at radius 1 is 1.15 bits per heavy atom. The largest absolute Gasteiger partial charge is 0.496 e. The number of hydrogen-bond acceptors (Lipinski definition) is 6. The fraction of sp³-hybridized carbons (Fsp3) is 0.522. The number of thioether (sulfide) groups is 1. The molecule has 1 amide bonds. The summed E-state index contributed by atoms with van der Waals surface area (Å²) in [4.78, 5) is 13.7. The number of likely N-dealkylation sites (tertiary alicyclic amines) is 1. The molecule has 0 unspecified atom stereocenters. The molecule has 1 aliphatic rings. The first kappa shape index (κ1) is 26.1. The Bertz CT molecular complexity index is 1040. The highest BCUT2D eigenvalue weighted by Gasteiger charge is 2.34. The monoisotopic (exact) mass is 501 g/mol. The van der Waals surface area contributed by atoms with Gasteiger partial charge in [0.15, 0.2) is 0 Å². The van der Waals surface area contributed by atoms with Gasteiger partial charge in [0.2, 0.25) is 0 Å². The first-order chi connectivity index (χ1) is 15.8. The van der Waals surface area contributed by atoms with E-state index >= 15 is 0 Å². The zero-order valence-corrected chi connectivity index (χ0v) is 20.4. The van der Waals surface area contributed by atoms with Crippen LogP contribution in [0.4, 0.5) is 22.4 Å². The van der Waals surface area contributed by atoms with Crippen molar-refractivity contribution in [1.82, 2.24) is 15.1 Å². The number of aromatic nitrogens is 2. The van der Waals surface area contributed by atoms with Gasteiger partial charge in [-0.2, -0.15) is 13.2 Å². The van der Waals surface area contributed by atoms with Crippen LogP contribution in [0.5, 0.6) is 5.75 Å². The molecular formula is C23H27F4N3O3S. The van der Waals surface area contributed by atoms with Crippen LogP contribution in [0, 0.1) is 6.92 Å². The van der Waals surface area contributed by atoms with Crippen LogP contribution in [0.15, 0.2) is 29.3 Å². The van der Waals surface area contributed by atoms with Crippen LogP contribution in [0.2, 0.25) is 0 Å². The minimum absolute atomic E-state index is 0.0245. The van der Waals surface area contributed by atoms with E-state index in [1.165, 1.54) is 29.8 Å². The second-order valence-corrected chi connectivity index (χ2v) is 10.4. The normalized spacial score (nSPS) is 19.1. The molecule has 1 saturated heterocycles. The summed E-state index contributed by atoms with van der Waals surface area (Å²) >= 11 is 1.30. The maximum Gasteiger partial charge on any atom is 0.416 e. The second kappa shape index (κ2) is 9.97. The van der Waals surface area contributed by atoms with Crippen molar-refractivity contribution in [3.8, 4) is 17.0 Å². The van der Waals surface area contributed by atoms with Crippen molar-refractivity contribution >= 4 is 17.9 Å². The first-order valence-corrected chi connectivity index (χ1v) is 11.5. The molecule has 0 bridgehead atoms. The third-order valence-corrected chi connectivity index (χ3v) is 6.16. The number of carbonyl (C=O) groups excluding carboxylic acids is 1. The Hall–Kier alpha value is -2.56. The van der Waals surface area contributed by atoms with Crippen molar-refractivity contribution in [3.63, 3.8) is 0 Å². The summed E-state index contributed by atoms with van der Waals surface area (Å²) in [6.45, 7) is 7.29. The van der Waals surface area contributed by atoms with Crippen LogP contribution in [0.25, 0.3) is 11.3 Å². The van der Waals surface area contributed by atoms with Gasteiger partial charge in [-0.15, -0.1) is 10.2 Å². The van der Waals surface area contributed by atoms with Crippen LogP contribution >= 0.6 is 11.8 Å². The number of ether oxygens (including phenoxy) is 2. The average molecular weight is 502 g/mol. The summed E-state index contributed by atoms with van der Waals surface area (Å²) in [5.41, 5.74) is -0.0570. The molecule has 2 heterocycles. The minimum Gasteiger partial charge on any atom is -0.496 e. The number of carbonyl (C=O) groups is 1. The van der Waals surface area contributed by atoms with Crippen LogP contribution in [0.1, 0.15) is 38.3 Å². The lowest BCUT2D eigenvalue weighted by Gasteiger charge is -2.35. The summed E-state index contributed by atoms with van der Waals surface area (Å²) in [5.74, 6) is 0.0354. The molecular weight excluding hydrogens is 474 g/mol. The number of rotatable bonds is 4. The third-order valence-electron chi connectivity index (χ3n) is 5.05. The van der Waals surface area contributed by atoms with Gasteiger partial charge in [0.05, 0.1) is 24.9 Å². The summed E-state index contributed by atoms with van der Waals surface area (Å²) in [5, 5.41) is 8.66. The Balaban J connectivity index is 1.77. The molecule has 3 rings (SSSR count). The van der Waals surface area contributed by atoms with Crippen molar-refractivity contribution in [2.24, 2.45) is 0 Å². The van der Waals surface area contributed by atoms with Gasteiger partial charge in [-0.25, -0.2) is 9.18 Å².